The number of anilines is 1. The smallest absolute Gasteiger partial charge is 0.142 e. The molecule has 5 heteroatoms. The standard InChI is InChI=1S/C20H26N2O2S.C3H6.C2H6/c1-13-8-9-14(2)20(15(13)3)22-16(4)21-18-12-17(25(6,7)23)10-11-19(18)24-5;1-3-2;1-2/h8-12H,6H2,1-5,7H3,(H,21,22);3H,1H2,2H3;1-2H3. The highest BCUT2D eigenvalue weighted by Crippen LogP contribution is 2.29. The van der Waals surface area contributed by atoms with Crippen LogP contribution in [0.25, 0.3) is 0 Å². The monoisotopic (exact) mass is 430 g/mol. The first-order chi connectivity index (χ1) is 14.0. The highest BCUT2D eigenvalue weighted by atomic mass is 32.2. The van der Waals surface area contributed by atoms with Crippen LogP contribution >= 0.6 is 0 Å². The van der Waals surface area contributed by atoms with E-state index in [9.17, 15) is 4.21 Å². The van der Waals surface area contributed by atoms with Gasteiger partial charge in [-0.2, -0.15) is 0 Å². The Labute approximate surface area is 184 Å². The van der Waals surface area contributed by atoms with Crippen LogP contribution in [-0.4, -0.2) is 29.3 Å². The van der Waals surface area contributed by atoms with Crippen molar-refractivity contribution in [3.63, 3.8) is 0 Å². The van der Waals surface area contributed by atoms with E-state index in [1.54, 1.807) is 31.6 Å². The van der Waals surface area contributed by atoms with Gasteiger partial charge in [0, 0.05) is 11.2 Å². The van der Waals surface area contributed by atoms with Gasteiger partial charge in [0.05, 0.1) is 18.5 Å². The lowest BCUT2D eigenvalue weighted by Crippen LogP contribution is -2.09. The van der Waals surface area contributed by atoms with E-state index in [-0.39, 0.29) is 0 Å². The van der Waals surface area contributed by atoms with E-state index in [2.05, 4.69) is 50.7 Å². The van der Waals surface area contributed by atoms with E-state index in [0.717, 1.165) is 28.3 Å². The number of nitrogens with one attached hydrogen (secondary N) is 1. The Morgan fingerprint density at radius 1 is 1.13 bits per heavy atom. The van der Waals surface area contributed by atoms with Gasteiger partial charge in [-0.1, -0.05) is 32.1 Å². The molecule has 0 saturated heterocycles. The van der Waals surface area contributed by atoms with E-state index in [1.807, 2.05) is 33.8 Å². The zero-order chi connectivity index (χ0) is 23.5. The Hall–Kier alpha value is -2.53. The van der Waals surface area contributed by atoms with Crippen LogP contribution in [0.2, 0.25) is 0 Å². The molecule has 0 aliphatic carbocycles. The summed E-state index contributed by atoms with van der Waals surface area (Å²) in [5, 5.41) is 3.27. The summed E-state index contributed by atoms with van der Waals surface area (Å²) in [6.07, 6.45) is 3.37. The molecule has 0 aromatic heterocycles. The number of hydrogen-bond donors (Lipinski definition) is 1. The fourth-order valence-corrected chi connectivity index (χ4v) is 3.28. The number of hydrogen-bond acceptors (Lipinski definition) is 3. The zero-order valence-electron chi connectivity index (χ0n) is 20.1. The van der Waals surface area contributed by atoms with Crippen LogP contribution in [0.15, 0.2) is 52.9 Å². The summed E-state index contributed by atoms with van der Waals surface area (Å²) >= 11 is 0. The van der Waals surface area contributed by atoms with Crippen LogP contribution in [0.5, 0.6) is 5.75 Å². The molecular weight excluding hydrogens is 392 g/mol. The van der Waals surface area contributed by atoms with Crippen molar-refractivity contribution in [1.82, 2.24) is 0 Å². The molecule has 1 unspecified atom stereocenters. The quantitative estimate of drug-likeness (QED) is 0.254. The van der Waals surface area contributed by atoms with Crippen LogP contribution in [0.1, 0.15) is 44.4 Å². The number of methoxy groups -OCH3 is 1. The molecule has 0 aliphatic rings. The van der Waals surface area contributed by atoms with Crippen molar-refractivity contribution in [1.29, 1.82) is 0 Å². The highest BCUT2D eigenvalue weighted by Gasteiger charge is 2.10. The Balaban J connectivity index is 0.00000154. The van der Waals surface area contributed by atoms with Crippen molar-refractivity contribution in [3.05, 3.63) is 59.7 Å². The molecule has 0 radical (unpaired) electrons. The topological polar surface area (TPSA) is 50.7 Å². The first kappa shape index (κ1) is 27.5. The number of aliphatic imine (C=N–C) groups is 1. The number of ether oxygens (including phenoxy) is 1. The largest absolute Gasteiger partial charge is 0.495 e. The summed E-state index contributed by atoms with van der Waals surface area (Å²) in [6.45, 7) is 17.4. The lowest BCUT2D eigenvalue weighted by molar-refractivity contribution is 0.416. The Kier molecular flexibility index (Phi) is 11.8. The molecule has 166 valence electrons. The lowest BCUT2D eigenvalue weighted by Gasteiger charge is -2.14. The molecule has 0 heterocycles. The Bertz CT molecular complexity index is 975. The molecule has 30 heavy (non-hydrogen) atoms. The molecule has 0 fully saturated rings. The number of amidine groups is 1. The van der Waals surface area contributed by atoms with Gasteiger partial charge in [0.1, 0.15) is 11.6 Å². The second-order valence-corrected chi connectivity index (χ2v) is 9.25. The molecule has 1 atom stereocenters. The first-order valence-corrected chi connectivity index (χ1v) is 12.1. The predicted molar refractivity (Wildman–Crippen MR) is 137 cm³/mol. The van der Waals surface area contributed by atoms with Gasteiger partial charge < -0.3 is 10.1 Å². The minimum Gasteiger partial charge on any atom is -0.495 e. The molecular formula is C25H38N2O2S. The summed E-state index contributed by atoms with van der Waals surface area (Å²) in [5.41, 5.74) is 5.19. The van der Waals surface area contributed by atoms with Gasteiger partial charge in [-0.05, 0) is 84.9 Å². The molecule has 0 saturated carbocycles. The van der Waals surface area contributed by atoms with Crippen LogP contribution < -0.4 is 10.1 Å². The lowest BCUT2D eigenvalue weighted by atomic mass is 10.0. The summed E-state index contributed by atoms with van der Waals surface area (Å²) in [5.74, 6) is 5.15. The van der Waals surface area contributed by atoms with Gasteiger partial charge in [0.25, 0.3) is 0 Å². The molecule has 2 aromatic rings. The second kappa shape index (κ2) is 12.9. The molecule has 0 spiro atoms. The maximum atomic E-state index is 12.2. The Morgan fingerprint density at radius 2 is 1.67 bits per heavy atom. The maximum Gasteiger partial charge on any atom is 0.142 e. The average Bonchev–Trinajstić information content (AvgIpc) is 2.69. The number of benzene rings is 2. The normalized spacial score (nSPS) is 12.4. The fraction of sp³-hybridized carbons (Fsp3) is 0.360. The third-order valence-corrected chi connectivity index (χ3v) is 5.42. The second-order valence-electron chi connectivity index (χ2n) is 6.77. The molecule has 2 rings (SSSR count). The number of rotatable bonds is 4. The van der Waals surface area contributed by atoms with Crippen molar-refractivity contribution in [2.75, 3.05) is 18.7 Å². The maximum absolute atomic E-state index is 12.2. The van der Waals surface area contributed by atoms with E-state index in [4.69, 9.17) is 9.73 Å². The van der Waals surface area contributed by atoms with Gasteiger partial charge in [0.2, 0.25) is 0 Å². The molecule has 0 bridgehead atoms. The minimum atomic E-state index is -2.30. The molecule has 1 N–H and O–H groups in total. The summed E-state index contributed by atoms with van der Waals surface area (Å²) < 4.78 is 17.6. The third-order valence-electron chi connectivity index (χ3n) is 4.17. The van der Waals surface area contributed by atoms with E-state index < -0.39 is 9.52 Å². The summed E-state index contributed by atoms with van der Waals surface area (Å²) in [6, 6.07) is 9.56. The average molecular weight is 431 g/mol. The minimum absolute atomic E-state index is 0.666. The zero-order valence-corrected chi connectivity index (χ0v) is 20.9. The number of nitrogens with zero attached hydrogens (tertiary/aromatic N) is 1. The van der Waals surface area contributed by atoms with Crippen molar-refractivity contribution in [2.24, 2.45) is 4.99 Å². The van der Waals surface area contributed by atoms with Gasteiger partial charge in [-0.15, -0.1) is 6.58 Å². The molecule has 0 aliphatic heterocycles. The highest BCUT2D eigenvalue weighted by molar-refractivity contribution is 7.99. The summed E-state index contributed by atoms with van der Waals surface area (Å²) in [4.78, 5) is 5.42. The molecule has 2 aromatic carbocycles. The van der Waals surface area contributed by atoms with Gasteiger partial charge >= 0.3 is 0 Å². The third kappa shape index (κ3) is 8.07. The predicted octanol–water partition coefficient (Wildman–Crippen LogP) is 6.71. The number of allylic oxidation sites excluding steroid dienone is 1. The van der Waals surface area contributed by atoms with Crippen molar-refractivity contribution < 1.29 is 8.95 Å². The first-order valence-electron chi connectivity index (χ1n) is 10.0. The van der Waals surface area contributed by atoms with Crippen molar-refractivity contribution >= 4 is 32.6 Å². The van der Waals surface area contributed by atoms with Gasteiger partial charge in [-0.25, -0.2) is 4.99 Å². The van der Waals surface area contributed by atoms with E-state index in [0.29, 0.717) is 10.6 Å². The van der Waals surface area contributed by atoms with Crippen molar-refractivity contribution in [3.8, 4) is 5.75 Å². The van der Waals surface area contributed by atoms with Crippen LogP contribution in [0.4, 0.5) is 11.4 Å². The Morgan fingerprint density at radius 3 is 2.17 bits per heavy atom. The summed E-state index contributed by atoms with van der Waals surface area (Å²) in [7, 11) is -0.693. The SMILES string of the molecule is C=CC.C=S(C)(=O)c1ccc(OC)c(NC(C)=Nc2c(C)ccc(C)c2C)c1.CC. The van der Waals surface area contributed by atoms with E-state index in [1.165, 1.54) is 5.56 Å². The molecule has 4 nitrogen and oxygen atoms in total. The number of aryl methyl sites for hydroxylation is 2. The van der Waals surface area contributed by atoms with E-state index >= 15 is 0 Å². The van der Waals surface area contributed by atoms with Gasteiger partial charge in [0.15, 0.2) is 0 Å². The van der Waals surface area contributed by atoms with Crippen LogP contribution in [0, 0.1) is 20.8 Å². The van der Waals surface area contributed by atoms with Gasteiger partial charge in [-0.3, -0.25) is 4.21 Å². The fourth-order valence-electron chi connectivity index (χ4n) is 2.55. The van der Waals surface area contributed by atoms with Crippen LogP contribution in [0.3, 0.4) is 0 Å². The molecule has 0 amide bonds. The van der Waals surface area contributed by atoms with Crippen molar-refractivity contribution in [2.45, 2.75) is 53.4 Å². The van der Waals surface area contributed by atoms with Crippen LogP contribution in [-0.2, 0) is 9.52 Å².